The van der Waals surface area contributed by atoms with Gasteiger partial charge in [0, 0.05) is 6.42 Å². The maximum absolute atomic E-state index is 5.32. The summed E-state index contributed by atoms with van der Waals surface area (Å²) in [6.45, 7) is 2.14. The fourth-order valence-corrected chi connectivity index (χ4v) is 3.69. The van der Waals surface area contributed by atoms with E-state index in [1.165, 1.54) is 23.1 Å². The van der Waals surface area contributed by atoms with Crippen molar-refractivity contribution in [3.8, 4) is 5.75 Å². The van der Waals surface area contributed by atoms with Gasteiger partial charge in [-0.2, -0.15) is 4.98 Å². The van der Waals surface area contributed by atoms with Crippen molar-refractivity contribution in [3.63, 3.8) is 0 Å². The molecule has 9 heteroatoms. The molecule has 0 saturated carbocycles. The summed E-state index contributed by atoms with van der Waals surface area (Å²) in [4.78, 5) is 4.39. The van der Waals surface area contributed by atoms with Crippen LogP contribution in [-0.4, -0.2) is 27.4 Å². The summed E-state index contributed by atoms with van der Waals surface area (Å²) >= 11 is 3.00. The van der Waals surface area contributed by atoms with Crippen LogP contribution >= 0.6 is 23.1 Å². The van der Waals surface area contributed by atoms with Gasteiger partial charge in [0.05, 0.1) is 18.6 Å². The van der Waals surface area contributed by atoms with E-state index < -0.39 is 0 Å². The first-order valence-electron chi connectivity index (χ1n) is 7.96. The number of hydrogen-bond donors (Lipinski definition) is 1. The molecule has 3 rings (SSSR count). The predicted octanol–water partition coefficient (Wildman–Crippen LogP) is 4.31. The maximum Gasteiger partial charge on any atom is 0.237 e. The van der Waals surface area contributed by atoms with E-state index in [1.54, 1.807) is 7.11 Å². The number of anilines is 2. The van der Waals surface area contributed by atoms with Crippen molar-refractivity contribution in [2.24, 2.45) is 0 Å². The summed E-state index contributed by atoms with van der Waals surface area (Å²) in [6.07, 6.45) is 3.04. The Morgan fingerprint density at radius 2 is 2.16 bits per heavy atom. The van der Waals surface area contributed by atoms with Crippen molar-refractivity contribution in [1.82, 2.24) is 20.3 Å². The van der Waals surface area contributed by atoms with Crippen LogP contribution in [0.15, 0.2) is 33.1 Å². The van der Waals surface area contributed by atoms with Crippen molar-refractivity contribution >= 4 is 33.9 Å². The zero-order valence-electron chi connectivity index (χ0n) is 14.1. The van der Waals surface area contributed by atoms with Gasteiger partial charge >= 0.3 is 0 Å². The summed E-state index contributed by atoms with van der Waals surface area (Å²) < 4.78 is 11.4. The Kier molecular flexibility index (Phi) is 6.24. The van der Waals surface area contributed by atoms with Gasteiger partial charge in [-0.1, -0.05) is 53.7 Å². The number of rotatable bonds is 9. The molecule has 2 heterocycles. The van der Waals surface area contributed by atoms with E-state index >= 15 is 0 Å². The predicted molar refractivity (Wildman–Crippen MR) is 98.7 cm³/mol. The van der Waals surface area contributed by atoms with Crippen LogP contribution in [0.25, 0.3) is 0 Å². The van der Waals surface area contributed by atoms with Gasteiger partial charge in [-0.15, -0.1) is 10.2 Å². The van der Waals surface area contributed by atoms with Crippen molar-refractivity contribution < 1.29 is 9.26 Å². The highest BCUT2D eigenvalue weighted by Gasteiger charge is 2.11. The highest BCUT2D eigenvalue weighted by Crippen LogP contribution is 2.32. The third-order valence-corrected chi connectivity index (χ3v) is 5.30. The lowest BCUT2D eigenvalue weighted by atomic mass is 10.2. The van der Waals surface area contributed by atoms with Gasteiger partial charge in [0.1, 0.15) is 5.75 Å². The van der Waals surface area contributed by atoms with E-state index in [1.807, 2.05) is 24.3 Å². The molecule has 25 heavy (non-hydrogen) atoms. The molecule has 2 aromatic heterocycles. The molecule has 0 spiro atoms. The Balaban J connectivity index is 1.55. The number of aromatic nitrogens is 4. The molecule has 0 saturated heterocycles. The topological polar surface area (TPSA) is 86.0 Å². The molecule has 1 N–H and O–H groups in total. The lowest BCUT2D eigenvalue weighted by molar-refractivity contribution is 0.384. The Hall–Kier alpha value is -2.13. The molecule has 132 valence electrons. The highest BCUT2D eigenvalue weighted by molar-refractivity contribution is 8.00. The lowest BCUT2D eigenvalue weighted by Gasteiger charge is -2.07. The minimum Gasteiger partial charge on any atom is -0.495 e. The van der Waals surface area contributed by atoms with Crippen LogP contribution in [0.4, 0.5) is 10.8 Å². The van der Waals surface area contributed by atoms with Gasteiger partial charge in [-0.05, 0) is 18.6 Å². The van der Waals surface area contributed by atoms with Crippen molar-refractivity contribution in [1.29, 1.82) is 0 Å². The minimum atomic E-state index is 0.586. The van der Waals surface area contributed by atoms with E-state index in [9.17, 15) is 0 Å². The smallest absolute Gasteiger partial charge is 0.237 e. The summed E-state index contributed by atoms with van der Waals surface area (Å²) in [7, 11) is 1.64. The fraction of sp³-hybridized carbons (Fsp3) is 0.375. The molecule has 0 fully saturated rings. The van der Waals surface area contributed by atoms with Gasteiger partial charge in [-0.25, -0.2) is 0 Å². The number of para-hydroxylation sites is 2. The lowest BCUT2D eigenvalue weighted by Crippen LogP contribution is -1.93. The molecular weight excluding hydrogens is 358 g/mol. The average molecular weight is 377 g/mol. The first kappa shape index (κ1) is 17.7. The number of methoxy groups -OCH3 is 1. The number of hydrogen-bond acceptors (Lipinski definition) is 9. The second kappa shape index (κ2) is 8.82. The number of thioether (sulfide) groups is 1. The fourth-order valence-electron chi connectivity index (χ4n) is 2.09. The molecular formula is C16H19N5O2S2. The molecule has 0 radical (unpaired) electrons. The second-order valence-electron chi connectivity index (χ2n) is 5.19. The number of ether oxygens (including phenoxy) is 1. The third kappa shape index (κ3) is 4.93. The first-order valence-corrected chi connectivity index (χ1v) is 9.76. The van der Waals surface area contributed by atoms with Crippen LogP contribution in [0, 0.1) is 0 Å². The highest BCUT2D eigenvalue weighted by atomic mass is 32.2. The van der Waals surface area contributed by atoms with E-state index in [2.05, 4.69) is 32.6 Å². The number of aryl methyl sites for hydroxylation is 1. The zero-order chi connectivity index (χ0) is 17.5. The molecule has 0 aliphatic heterocycles. The van der Waals surface area contributed by atoms with Gasteiger partial charge in [-0.3, -0.25) is 0 Å². The maximum atomic E-state index is 5.32. The Morgan fingerprint density at radius 1 is 1.28 bits per heavy atom. The number of nitrogens with one attached hydrogen (secondary N) is 1. The van der Waals surface area contributed by atoms with Gasteiger partial charge < -0.3 is 14.6 Å². The molecule has 0 aliphatic carbocycles. The summed E-state index contributed by atoms with van der Waals surface area (Å²) in [5.74, 6) is 2.73. The minimum absolute atomic E-state index is 0.586. The SMILES string of the molecule is CCCCc1noc(CSc2nnc(Nc3ccccc3OC)s2)n1. The molecule has 0 aliphatic rings. The van der Waals surface area contributed by atoms with E-state index in [4.69, 9.17) is 9.26 Å². The molecule has 1 aromatic carbocycles. The molecule has 7 nitrogen and oxygen atoms in total. The first-order chi connectivity index (χ1) is 12.3. The second-order valence-corrected chi connectivity index (χ2v) is 7.39. The van der Waals surface area contributed by atoms with Crippen LogP contribution in [0.3, 0.4) is 0 Å². The Bertz CT molecular complexity index is 805. The van der Waals surface area contributed by atoms with Gasteiger partial charge in [0.2, 0.25) is 11.0 Å². The van der Waals surface area contributed by atoms with Crippen molar-refractivity contribution in [3.05, 3.63) is 36.0 Å². The zero-order valence-corrected chi connectivity index (χ0v) is 15.7. The van der Waals surface area contributed by atoms with Crippen molar-refractivity contribution in [2.45, 2.75) is 36.3 Å². The van der Waals surface area contributed by atoms with E-state index in [0.717, 1.165) is 40.9 Å². The summed E-state index contributed by atoms with van der Waals surface area (Å²) in [5, 5.41) is 16.3. The van der Waals surface area contributed by atoms with Crippen LogP contribution in [-0.2, 0) is 12.2 Å². The largest absolute Gasteiger partial charge is 0.495 e. The van der Waals surface area contributed by atoms with Gasteiger partial charge in [0.25, 0.3) is 0 Å². The van der Waals surface area contributed by atoms with Crippen LogP contribution in [0.2, 0.25) is 0 Å². The molecule has 0 unspecified atom stereocenters. The molecule has 0 bridgehead atoms. The Morgan fingerprint density at radius 3 is 3.00 bits per heavy atom. The Labute approximate surface area is 154 Å². The van der Waals surface area contributed by atoms with Crippen LogP contribution in [0.5, 0.6) is 5.75 Å². The van der Waals surface area contributed by atoms with Crippen LogP contribution in [0.1, 0.15) is 31.5 Å². The monoisotopic (exact) mass is 377 g/mol. The molecule has 3 aromatic rings. The quantitative estimate of drug-likeness (QED) is 0.552. The standard InChI is InChI=1S/C16H19N5O2S2/c1-3-4-9-13-18-14(23-21-13)10-24-16-20-19-15(25-16)17-11-7-5-6-8-12(11)22-2/h5-8H,3-4,9-10H2,1-2H3,(H,17,19). The number of unbranched alkanes of at least 4 members (excludes halogenated alkanes) is 1. The van der Waals surface area contributed by atoms with E-state index in [0.29, 0.717) is 16.8 Å². The molecule has 0 amide bonds. The number of benzene rings is 1. The normalized spacial score (nSPS) is 10.8. The molecule has 0 atom stereocenters. The van der Waals surface area contributed by atoms with Crippen molar-refractivity contribution in [2.75, 3.05) is 12.4 Å². The van der Waals surface area contributed by atoms with Crippen LogP contribution < -0.4 is 10.1 Å². The van der Waals surface area contributed by atoms with E-state index in [-0.39, 0.29) is 0 Å². The average Bonchev–Trinajstić information content (AvgIpc) is 3.28. The number of nitrogens with zero attached hydrogens (tertiary/aromatic N) is 4. The summed E-state index contributed by atoms with van der Waals surface area (Å²) in [5.41, 5.74) is 0.857. The van der Waals surface area contributed by atoms with Gasteiger partial charge in [0.15, 0.2) is 10.2 Å². The third-order valence-electron chi connectivity index (χ3n) is 3.34. The summed E-state index contributed by atoms with van der Waals surface area (Å²) in [6, 6.07) is 7.69.